The number of Topliss-reactive ketones (excluding diaryl/α,β-unsaturated/α-hetero) is 1. The number of ether oxygens (including phenoxy) is 2. The van der Waals surface area contributed by atoms with Crippen molar-refractivity contribution < 1.29 is 28.7 Å². The van der Waals surface area contributed by atoms with Gasteiger partial charge < -0.3 is 25.1 Å². The van der Waals surface area contributed by atoms with Gasteiger partial charge in [0.05, 0.1) is 30.9 Å². The van der Waals surface area contributed by atoms with E-state index >= 15 is 0 Å². The molecule has 0 aliphatic heterocycles. The lowest BCUT2D eigenvalue weighted by Gasteiger charge is -2.22. The molecular weight excluding hydrogens is 564 g/mol. The highest BCUT2D eigenvalue weighted by molar-refractivity contribution is 5.93. The van der Waals surface area contributed by atoms with Crippen LogP contribution >= 0.6 is 0 Å². The quantitative estimate of drug-likeness (QED) is 0.288. The Morgan fingerprint density at radius 3 is 2.41 bits per heavy atom. The van der Waals surface area contributed by atoms with Crippen LogP contribution in [0.2, 0.25) is 0 Å². The second kappa shape index (κ2) is 14.7. The zero-order valence-corrected chi connectivity index (χ0v) is 26.2. The topological polar surface area (TPSA) is 152 Å². The van der Waals surface area contributed by atoms with Gasteiger partial charge in [0.15, 0.2) is 5.78 Å². The molecular formula is C33H42N4O7. The molecule has 3 N–H and O–H groups in total. The van der Waals surface area contributed by atoms with Crippen LogP contribution in [0.1, 0.15) is 64.3 Å². The van der Waals surface area contributed by atoms with E-state index in [1.54, 1.807) is 43.7 Å². The Morgan fingerprint density at radius 2 is 1.77 bits per heavy atom. The molecule has 3 aromatic rings. The highest BCUT2D eigenvalue weighted by Crippen LogP contribution is 2.27. The smallest absolute Gasteiger partial charge is 0.419 e. The third kappa shape index (κ3) is 9.16. The Hall–Kier alpha value is -4.67. The van der Waals surface area contributed by atoms with Gasteiger partial charge in [0.1, 0.15) is 5.60 Å². The van der Waals surface area contributed by atoms with E-state index in [0.717, 1.165) is 22.9 Å². The minimum absolute atomic E-state index is 0.0532. The number of rotatable bonds is 12. The molecule has 0 saturated heterocycles. The Bertz CT molecular complexity index is 1610. The zero-order valence-electron chi connectivity index (χ0n) is 26.2. The van der Waals surface area contributed by atoms with Crippen LogP contribution < -0.4 is 16.6 Å². The summed E-state index contributed by atoms with van der Waals surface area (Å²) in [6.07, 6.45) is 3.91. The van der Waals surface area contributed by atoms with Gasteiger partial charge in [-0.15, -0.1) is 0 Å². The number of methoxy groups -OCH3 is 1. The normalized spacial score (nSPS) is 12.4. The van der Waals surface area contributed by atoms with Crippen molar-refractivity contribution >= 4 is 34.8 Å². The summed E-state index contributed by atoms with van der Waals surface area (Å²) in [5.74, 6) is -0.682. The van der Waals surface area contributed by atoms with Crippen LogP contribution in [-0.4, -0.2) is 51.8 Å². The summed E-state index contributed by atoms with van der Waals surface area (Å²) in [6, 6.07) is 10.0. The number of hydrogen-bond donors (Lipinski definition) is 2. The van der Waals surface area contributed by atoms with Gasteiger partial charge in [-0.3, -0.25) is 14.4 Å². The molecule has 2 aromatic heterocycles. The summed E-state index contributed by atoms with van der Waals surface area (Å²) >= 11 is 0. The van der Waals surface area contributed by atoms with E-state index in [1.807, 2.05) is 24.3 Å². The van der Waals surface area contributed by atoms with Crippen molar-refractivity contribution in [2.75, 3.05) is 7.11 Å². The number of nitrogens with zero attached hydrogens (tertiary/aromatic N) is 2. The van der Waals surface area contributed by atoms with E-state index in [0.29, 0.717) is 11.6 Å². The number of fused-ring (bicyclic) bond motifs is 1. The minimum atomic E-state index is -0.956. The molecule has 0 fully saturated rings. The second-order valence-electron chi connectivity index (χ2n) is 12.1. The van der Waals surface area contributed by atoms with Crippen LogP contribution in [0.5, 0.6) is 0 Å². The van der Waals surface area contributed by atoms with Gasteiger partial charge in [-0.05, 0) is 69.7 Å². The number of amides is 2. The predicted octanol–water partition coefficient (Wildman–Crippen LogP) is 4.49. The summed E-state index contributed by atoms with van der Waals surface area (Å²) in [6.45, 7) is 9.66. The number of nitrogens with one attached hydrogen (secondary N) is 1. The lowest BCUT2D eigenvalue weighted by atomic mass is 10.0. The van der Waals surface area contributed by atoms with Crippen LogP contribution in [0, 0.1) is 5.92 Å². The molecule has 2 heterocycles. The fourth-order valence-corrected chi connectivity index (χ4v) is 4.93. The van der Waals surface area contributed by atoms with Crippen molar-refractivity contribution in [1.82, 2.24) is 14.5 Å². The van der Waals surface area contributed by atoms with Gasteiger partial charge in [-0.1, -0.05) is 44.2 Å². The average Bonchev–Trinajstić information content (AvgIpc) is 3.30. The van der Waals surface area contributed by atoms with Gasteiger partial charge >= 0.3 is 12.2 Å². The molecule has 3 rings (SSSR count). The van der Waals surface area contributed by atoms with E-state index < -0.39 is 41.1 Å². The summed E-state index contributed by atoms with van der Waals surface area (Å²) in [5, 5.41) is 3.35. The number of allylic oxidation sites excluding steroid dienone is 1. The number of para-hydroxylation sites is 1. The molecule has 44 heavy (non-hydrogen) atoms. The third-order valence-corrected chi connectivity index (χ3v) is 6.75. The number of carbonyl (C=O) groups excluding carboxylic acids is 4. The molecule has 1 aromatic carbocycles. The predicted molar refractivity (Wildman–Crippen MR) is 168 cm³/mol. The maximum absolute atomic E-state index is 13.6. The molecule has 236 valence electrons. The lowest BCUT2D eigenvalue weighted by Crippen LogP contribution is -2.42. The van der Waals surface area contributed by atoms with Gasteiger partial charge in [0, 0.05) is 23.6 Å². The van der Waals surface area contributed by atoms with Gasteiger partial charge in [0.25, 0.3) is 5.56 Å². The van der Waals surface area contributed by atoms with Crippen molar-refractivity contribution in [3.8, 4) is 0 Å². The first-order valence-electron chi connectivity index (χ1n) is 14.6. The van der Waals surface area contributed by atoms with E-state index in [4.69, 9.17) is 10.5 Å². The molecule has 0 radical (unpaired) electrons. The van der Waals surface area contributed by atoms with Crippen molar-refractivity contribution in [2.24, 2.45) is 11.7 Å². The number of pyridine rings is 1. The number of ketones is 1. The fraction of sp³-hybridized carbons (Fsp3) is 0.424. The lowest BCUT2D eigenvalue weighted by molar-refractivity contribution is -0.120. The molecule has 11 heteroatoms. The number of primary amides is 1. The maximum atomic E-state index is 13.6. The zero-order chi connectivity index (χ0) is 32.6. The van der Waals surface area contributed by atoms with Gasteiger partial charge in [-0.25, -0.2) is 14.2 Å². The van der Waals surface area contributed by atoms with Crippen LogP contribution in [0.15, 0.2) is 59.5 Å². The summed E-state index contributed by atoms with van der Waals surface area (Å²) in [5.41, 5.74) is 6.49. The molecule has 0 spiro atoms. The highest BCUT2D eigenvalue weighted by Gasteiger charge is 2.25. The second-order valence-corrected chi connectivity index (χ2v) is 12.1. The Labute approximate surface area is 257 Å². The van der Waals surface area contributed by atoms with Gasteiger partial charge in [-0.2, -0.15) is 0 Å². The third-order valence-electron chi connectivity index (χ3n) is 6.75. The first-order valence-corrected chi connectivity index (χ1v) is 14.6. The fourth-order valence-electron chi connectivity index (χ4n) is 4.93. The number of benzene rings is 1. The summed E-state index contributed by atoms with van der Waals surface area (Å²) in [7, 11) is 1.18. The first kappa shape index (κ1) is 33.8. The Morgan fingerprint density at radius 1 is 1.07 bits per heavy atom. The monoisotopic (exact) mass is 606 g/mol. The standard InChI is InChI=1S/C33H42N4O7/c1-21(2)17-22-11-9-12-23-18-25(37(29(22)23)32(42)44-33(3,4)5)20-36-16-10-13-24(30(36)40)19-27(38)26(35-31(41)43-6)14-7-8-15-28(34)39/h8-13,15-16,18,21,26H,7,14,17,19-20H2,1-6H3,(H2,34,39)(H,35,41)/b15-8+/t26-/m0/s1. The molecule has 0 saturated carbocycles. The molecule has 11 nitrogen and oxygen atoms in total. The van der Waals surface area contributed by atoms with Crippen LogP contribution in [-0.2, 0) is 38.4 Å². The van der Waals surface area contributed by atoms with Crippen molar-refractivity contribution in [3.05, 3.63) is 81.9 Å². The molecule has 0 bridgehead atoms. The highest BCUT2D eigenvalue weighted by atomic mass is 16.6. The molecule has 1 atom stereocenters. The van der Waals surface area contributed by atoms with E-state index in [-0.39, 0.29) is 31.4 Å². The number of nitrogens with two attached hydrogens (primary N) is 1. The van der Waals surface area contributed by atoms with Crippen LogP contribution in [0.3, 0.4) is 0 Å². The first-order chi connectivity index (χ1) is 20.7. The molecule has 0 unspecified atom stereocenters. The number of hydrogen-bond acceptors (Lipinski definition) is 7. The van der Waals surface area contributed by atoms with E-state index in [2.05, 4.69) is 23.9 Å². The number of alkyl carbamates (subject to hydrolysis) is 1. The Balaban J connectivity index is 1.97. The SMILES string of the molecule is COC(=O)N[C@@H](CC/C=C/C(N)=O)C(=O)Cc1cccn(Cc2cc3cccc(CC(C)C)c3n2C(=O)OC(C)(C)C)c1=O. The largest absolute Gasteiger partial charge is 0.453 e. The van der Waals surface area contributed by atoms with Crippen molar-refractivity contribution in [1.29, 1.82) is 0 Å². The van der Waals surface area contributed by atoms with Crippen molar-refractivity contribution in [2.45, 2.75) is 78.5 Å². The van der Waals surface area contributed by atoms with Crippen LogP contribution in [0.25, 0.3) is 10.9 Å². The number of aromatic nitrogens is 2. The van der Waals surface area contributed by atoms with Crippen molar-refractivity contribution in [3.63, 3.8) is 0 Å². The minimum Gasteiger partial charge on any atom is -0.453 e. The number of carbonyl (C=O) groups is 4. The molecule has 0 aliphatic rings. The average molecular weight is 607 g/mol. The van der Waals surface area contributed by atoms with E-state index in [9.17, 15) is 24.0 Å². The van der Waals surface area contributed by atoms with Gasteiger partial charge in [0.2, 0.25) is 5.91 Å². The maximum Gasteiger partial charge on any atom is 0.419 e. The summed E-state index contributed by atoms with van der Waals surface area (Å²) < 4.78 is 13.4. The summed E-state index contributed by atoms with van der Waals surface area (Å²) in [4.78, 5) is 63.3. The van der Waals surface area contributed by atoms with Crippen LogP contribution in [0.4, 0.5) is 9.59 Å². The van der Waals surface area contributed by atoms with E-state index in [1.165, 1.54) is 23.8 Å². The molecule has 0 aliphatic carbocycles. The molecule has 2 amide bonds. The Kier molecular flexibility index (Phi) is 11.3.